The summed E-state index contributed by atoms with van der Waals surface area (Å²) in [5.74, 6) is 2.60. The van der Waals surface area contributed by atoms with Crippen LogP contribution in [0.25, 0.3) is 0 Å². The maximum atomic E-state index is 5.76. The summed E-state index contributed by atoms with van der Waals surface area (Å²) in [7, 11) is 0. The Morgan fingerprint density at radius 3 is 1.52 bits per heavy atom. The van der Waals surface area contributed by atoms with Crippen molar-refractivity contribution < 1.29 is 0 Å². The molecule has 0 fully saturated rings. The Balaban J connectivity index is 3.22. The van der Waals surface area contributed by atoms with E-state index in [2.05, 4.69) is 20.8 Å². The molecule has 128 valence electrons. The van der Waals surface area contributed by atoms with Gasteiger partial charge in [0.25, 0.3) is 0 Å². The molecule has 0 amide bonds. The Morgan fingerprint density at radius 2 is 1.05 bits per heavy atom. The largest absolute Gasteiger partial charge is 0.127 e. The molecule has 21 heavy (non-hydrogen) atoms. The van der Waals surface area contributed by atoms with Crippen LogP contribution in [-0.2, 0) is 0 Å². The van der Waals surface area contributed by atoms with Crippen molar-refractivity contribution in [1.29, 1.82) is 0 Å². The molecule has 0 saturated heterocycles. The predicted octanol–water partition coefficient (Wildman–Crippen LogP) is 7.98. The molecule has 0 aromatic heterocycles. The molecular formula is C20H41Cl. The fraction of sp³-hybridized carbons (Fsp3) is 1.00. The van der Waals surface area contributed by atoms with Crippen molar-refractivity contribution in [2.24, 2.45) is 11.8 Å². The summed E-state index contributed by atoms with van der Waals surface area (Å²) in [5.41, 5.74) is 0. The van der Waals surface area contributed by atoms with Gasteiger partial charge in [-0.3, -0.25) is 0 Å². The molecule has 0 aromatic rings. The molecule has 0 aliphatic heterocycles. The molecule has 0 spiro atoms. The number of alkyl halides is 1. The lowest BCUT2D eigenvalue weighted by molar-refractivity contribution is 0.364. The minimum Gasteiger partial charge on any atom is -0.127 e. The first-order valence-corrected chi connectivity index (χ1v) is 10.3. The maximum Gasteiger partial charge on any atom is 0.0223 e. The van der Waals surface area contributed by atoms with Gasteiger partial charge in [0.15, 0.2) is 0 Å². The number of hydrogen-bond acceptors (Lipinski definition) is 0. The van der Waals surface area contributed by atoms with Crippen LogP contribution >= 0.6 is 11.6 Å². The average molecular weight is 317 g/mol. The first-order valence-electron chi connectivity index (χ1n) is 9.76. The van der Waals surface area contributed by atoms with E-state index in [0.29, 0.717) is 0 Å². The second kappa shape index (κ2) is 16.7. The molecule has 0 heterocycles. The maximum absolute atomic E-state index is 5.76. The molecule has 0 N–H and O–H groups in total. The van der Waals surface area contributed by atoms with Crippen molar-refractivity contribution in [1.82, 2.24) is 0 Å². The van der Waals surface area contributed by atoms with Gasteiger partial charge in [-0.2, -0.15) is 0 Å². The van der Waals surface area contributed by atoms with Gasteiger partial charge in [0.2, 0.25) is 0 Å². The molecule has 0 bridgehead atoms. The summed E-state index contributed by atoms with van der Waals surface area (Å²) < 4.78 is 0. The van der Waals surface area contributed by atoms with Crippen molar-refractivity contribution in [2.45, 2.75) is 111 Å². The van der Waals surface area contributed by atoms with Gasteiger partial charge in [-0.15, -0.1) is 11.6 Å². The fourth-order valence-corrected chi connectivity index (χ4v) is 3.48. The third-order valence-electron chi connectivity index (χ3n) is 4.69. The highest BCUT2D eigenvalue weighted by Gasteiger charge is 2.08. The summed E-state index contributed by atoms with van der Waals surface area (Å²) in [6.45, 7) is 7.12. The van der Waals surface area contributed by atoms with Gasteiger partial charge in [-0.25, -0.2) is 0 Å². The van der Waals surface area contributed by atoms with E-state index in [1.165, 1.54) is 89.9 Å². The van der Waals surface area contributed by atoms with Crippen molar-refractivity contribution in [3.8, 4) is 0 Å². The molecule has 0 saturated carbocycles. The van der Waals surface area contributed by atoms with E-state index in [4.69, 9.17) is 11.6 Å². The Morgan fingerprint density at radius 1 is 0.619 bits per heavy atom. The van der Waals surface area contributed by atoms with Gasteiger partial charge in [-0.1, -0.05) is 91.4 Å². The Hall–Kier alpha value is 0.290. The third kappa shape index (κ3) is 16.5. The summed E-state index contributed by atoms with van der Waals surface area (Å²) in [6.07, 6.45) is 19.8. The van der Waals surface area contributed by atoms with Crippen LogP contribution in [0.2, 0.25) is 0 Å². The standard InChI is InChI=1S/C20H41Cl/c1-4-5-6-7-8-9-10-11-12-13-15-19(2)18-20(3)16-14-17-21/h19-20H,4-18H2,1-3H3. The van der Waals surface area contributed by atoms with Crippen molar-refractivity contribution in [2.75, 3.05) is 5.88 Å². The fourth-order valence-electron chi connectivity index (χ4n) is 3.33. The zero-order chi connectivity index (χ0) is 15.8. The molecule has 0 rings (SSSR count). The van der Waals surface area contributed by atoms with Crippen LogP contribution in [0.4, 0.5) is 0 Å². The average Bonchev–Trinajstić information content (AvgIpc) is 2.47. The summed E-state index contributed by atoms with van der Waals surface area (Å²) >= 11 is 5.76. The van der Waals surface area contributed by atoms with Crippen LogP contribution in [0, 0.1) is 11.8 Å². The van der Waals surface area contributed by atoms with Gasteiger partial charge in [0.1, 0.15) is 0 Å². The van der Waals surface area contributed by atoms with Crippen LogP contribution in [-0.4, -0.2) is 5.88 Å². The molecule has 0 aliphatic rings. The zero-order valence-electron chi connectivity index (χ0n) is 15.1. The summed E-state index contributed by atoms with van der Waals surface area (Å²) in [5, 5.41) is 0. The Kier molecular flexibility index (Phi) is 16.9. The van der Waals surface area contributed by atoms with Crippen LogP contribution in [0.15, 0.2) is 0 Å². The van der Waals surface area contributed by atoms with Gasteiger partial charge < -0.3 is 0 Å². The quantitative estimate of drug-likeness (QED) is 0.200. The first kappa shape index (κ1) is 21.3. The molecule has 0 nitrogen and oxygen atoms in total. The number of rotatable bonds is 16. The summed E-state index contributed by atoms with van der Waals surface area (Å²) in [6, 6.07) is 0. The molecule has 1 heteroatoms. The zero-order valence-corrected chi connectivity index (χ0v) is 15.9. The molecule has 2 atom stereocenters. The second-order valence-electron chi connectivity index (χ2n) is 7.25. The van der Waals surface area contributed by atoms with Crippen molar-refractivity contribution in [3.05, 3.63) is 0 Å². The van der Waals surface area contributed by atoms with E-state index >= 15 is 0 Å². The van der Waals surface area contributed by atoms with E-state index in [-0.39, 0.29) is 0 Å². The molecule has 0 aliphatic carbocycles. The van der Waals surface area contributed by atoms with Crippen LogP contribution in [0.3, 0.4) is 0 Å². The number of unbranched alkanes of at least 4 members (excludes halogenated alkanes) is 9. The van der Waals surface area contributed by atoms with E-state index in [1.54, 1.807) is 0 Å². The first-order chi connectivity index (χ1) is 10.2. The molecule has 0 radical (unpaired) electrons. The van der Waals surface area contributed by atoms with Crippen molar-refractivity contribution in [3.63, 3.8) is 0 Å². The Bertz CT molecular complexity index is 190. The van der Waals surface area contributed by atoms with Crippen LogP contribution in [0.1, 0.15) is 111 Å². The Labute approximate surface area is 140 Å². The highest BCUT2D eigenvalue weighted by molar-refractivity contribution is 6.17. The monoisotopic (exact) mass is 316 g/mol. The number of halogens is 1. The molecule has 2 unspecified atom stereocenters. The van der Waals surface area contributed by atoms with Crippen LogP contribution < -0.4 is 0 Å². The van der Waals surface area contributed by atoms with E-state index in [0.717, 1.165) is 17.7 Å². The topological polar surface area (TPSA) is 0 Å². The van der Waals surface area contributed by atoms with Gasteiger partial charge >= 0.3 is 0 Å². The lowest BCUT2D eigenvalue weighted by Crippen LogP contribution is -2.03. The molecule has 0 aromatic carbocycles. The van der Waals surface area contributed by atoms with Crippen molar-refractivity contribution >= 4 is 11.6 Å². The third-order valence-corrected chi connectivity index (χ3v) is 4.95. The highest BCUT2D eigenvalue weighted by atomic mass is 35.5. The summed E-state index contributed by atoms with van der Waals surface area (Å²) in [4.78, 5) is 0. The SMILES string of the molecule is CCCCCCCCCCCCC(C)CC(C)CCCCl. The van der Waals surface area contributed by atoms with E-state index in [9.17, 15) is 0 Å². The lowest BCUT2D eigenvalue weighted by Gasteiger charge is -2.16. The van der Waals surface area contributed by atoms with Gasteiger partial charge in [-0.05, 0) is 31.1 Å². The molecular weight excluding hydrogens is 276 g/mol. The van der Waals surface area contributed by atoms with Crippen LogP contribution in [0.5, 0.6) is 0 Å². The van der Waals surface area contributed by atoms with E-state index in [1.807, 2.05) is 0 Å². The second-order valence-corrected chi connectivity index (χ2v) is 7.63. The van der Waals surface area contributed by atoms with Gasteiger partial charge in [0.05, 0.1) is 0 Å². The smallest absolute Gasteiger partial charge is 0.0223 e. The minimum absolute atomic E-state index is 0.831. The van der Waals surface area contributed by atoms with E-state index < -0.39 is 0 Å². The minimum atomic E-state index is 0.831. The normalized spacial score (nSPS) is 14.3. The van der Waals surface area contributed by atoms with Gasteiger partial charge in [0, 0.05) is 5.88 Å². The number of hydrogen-bond donors (Lipinski definition) is 0. The lowest BCUT2D eigenvalue weighted by atomic mass is 9.90. The predicted molar refractivity (Wildman–Crippen MR) is 99.4 cm³/mol. The highest BCUT2D eigenvalue weighted by Crippen LogP contribution is 2.22.